The first-order valence-electron chi connectivity index (χ1n) is 7.20. The summed E-state index contributed by atoms with van der Waals surface area (Å²) in [5, 5.41) is 9.69. The Morgan fingerprint density at radius 2 is 1.92 bits per heavy atom. The van der Waals surface area contributed by atoms with Gasteiger partial charge in [-0.1, -0.05) is 11.3 Å². The fraction of sp³-hybridized carbons (Fsp3) is 0.118. The molecule has 25 heavy (non-hydrogen) atoms. The third-order valence-electron chi connectivity index (χ3n) is 3.78. The lowest BCUT2D eigenvalue weighted by atomic mass is 10.1. The number of benzene rings is 1. The van der Waals surface area contributed by atoms with Crippen molar-refractivity contribution in [3.63, 3.8) is 0 Å². The molecule has 0 bridgehead atoms. The van der Waals surface area contributed by atoms with E-state index >= 15 is 0 Å². The van der Waals surface area contributed by atoms with Crippen molar-refractivity contribution >= 4 is 38.8 Å². The van der Waals surface area contributed by atoms with Gasteiger partial charge in [0.1, 0.15) is 16.5 Å². The number of carbonyl (C=O) groups excluding carboxylic acids is 1. The number of anilines is 2. The van der Waals surface area contributed by atoms with Crippen LogP contribution in [0.25, 0.3) is 10.2 Å². The van der Waals surface area contributed by atoms with Crippen molar-refractivity contribution in [2.45, 2.75) is 0 Å². The summed E-state index contributed by atoms with van der Waals surface area (Å²) in [6.45, 7) is 0. The molecule has 3 rings (SSSR count). The topological polar surface area (TPSA) is 126 Å². The zero-order valence-electron chi connectivity index (χ0n) is 13.5. The van der Waals surface area contributed by atoms with Gasteiger partial charge in [-0.15, -0.1) is 0 Å². The van der Waals surface area contributed by atoms with Gasteiger partial charge in [-0.3, -0.25) is 10.5 Å². The lowest BCUT2D eigenvalue weighted by molar-refractivity contribution is -0.323. The Bertz CT molecular complexity index is 1040. The molecule has 2 aromatic heterocycles. The van der Waals surface area contributed by atoms with Crippen molar-refractivity contribution in [1.82, 2.24) is 0 Å². The van der Waals surface area contributed by atoms with Gasteiger partial charge in [-0.25, -0.2) is 4.98 Å². The highest BCUT2D eigenvalue weighted by Crippen LogP contribution is 2.35. The van der Waals surface area contributed by atoms with Crippen LogP contribution in [0.1, 0.15) is 20.8 Å². The molecule has 1 aromatic carbocycles. The number of pyridine rings is 1. The first kappa shape index (κ1) is 16.5. The molecule has 0 aliphatic carbocycles. The molecule has 3 aromatic rings. The lowest BCUT2D eigenvalue weighted by Gasteiger charge is -2.08. The molecular formula is C17H15N4O3S+. The van der Waals surface area contributed by atoms with E-state index in [0.29, 0.717) is 37.8 Å². The normalized spacial score (nSPS) is 10.4. The molecule has 0 spiro atoms. The Morgan fingerprint density at radius 3 is 2.56 bits per heavy atom. The van der Waals surface area contributed by atoms with Gasteiger partial charge >= 0.3 is 0 Å². The minimum absolute atomic E-state index is 0.237. The van der Waals surface area contributed by atoms with Gasteiger partial charge in [0, 0.05) is 5.56 Å². The maximum Gasteiger partial charge on any atom is 0.289 e. The molecule has 126 valence electrons. The largest absolute Gasteiger partial charge is 0.493 e. The van der Waals surface area contributed by atoms with Crippen molar-refractivity contribution in [2.24, 2.45) is 0 Å². The lowest BCUT2D eigenvalue weighted by Crippen LogP contribution is -2.11. The number of rotatable bonds is 4. The average Bonchev–Trinajstić information content (AvgIpc) is 2.95. The van der Waals surface area contributed by atoms with Crippen molar-refractivity contribution in [1.29, 1.82) is 5.26 Å². The second-order valence-electron chi connectivity index (χ2n) is 5.20. The molecule has 0 amide bonds. The van der Waals surface area contributed by atoms with Crippen LogP contribution in [0.5, 0.6) is 11.5 Å². The average molecular weight is 355 g/mol. The van der Waals surface area contributed by atoms with E-state index in [2.05, 4.69) is 4.98 Å². The minimum atomic E-state index is -0.245. The summed E-state index contributed by atoms with van der Waals surface area (Å²) < 4.78 is 10.4. The number of methoxy groups -OCH3 is 2. The molecule has 0 atom stereocenters. The van der Waals surface area contributed by atoms with Gasteiger partial charge in [0.2, 0.25) is 5.78 Å². The highest BCUT2D eigenvalue weighted by molar-refractivity contribution is 7.21. The summed E-state index contributed by atoms with van der Waals surface area (Å²) >= 11 is 1.19. The summed E-state index contributed by atoms with van der Waals surface area (Å²) in [4.78, 5) is 16.8. The van der Waals surface area contributed by atoms with Crippen LogP contribution in [0, 0.1) is 11.3 Å². The SMILES string of the molecule is COc1ccc(C(=O)c2sc3[nH+]c(N)c(C#N)cc3c2N)cc1OC. The molecule has 7 nitrogen and oxygen atoms in total. The molecule has 0 fully saturated rings. The highest BCUT2D eigenvalue weighted by atomic mass is 32.1. The standard InChI is InChI=1S/C17H14N4O3S/c1-23-11-4-3-8(6-12(11)24-2)14(22)15-13(19)10-5-9(7-18)16(20)21-17(10)25-15/h3-6H,19H2,1-2H3,(H2,20,21)/p+1. The van der Waals surface area contributed by atoms with E-state index in [-0.39, 0.29) is 17.2 Å². The molecule has 8 heteroatoms. The number of carbonyl (C=O) groups is 1. The number of aromatic nitrogens is 1. The van der Waals surface area contributed by atoms with Gasteiger partial charge in [-0.05, 0) is 24.3 Å². The third kappa shape index (κ3) is 2.70. The number of thiophene rings is 1. The van der Waals surface area contributed by atoms with Crippen LogP contribution >= 0.6 is 11.3 Å². The Balaban J connectivity index is 2.12. The Morgan fingerprint density at radius 1 is 1.20 bits per heavy atom. The van der Waals surface area contributed by atoms with Crippen LogP contribution < -0.4 is 25.9 Å². The molecule has 0 aliphatic heterocycles. The number of ketones is 1. The monoisotopic (exact) mass is 355 g/mol. The number of nitrogens with zero attached hydrogens (tertiary/aromatic N) is 1. The maximum atomic E-state index is 12.9. The quantitative estimate of drug-likeness (QED) is 0.689. The zero-order valence-corrected chi connectivity index (χ0v) is 14.4. The summed E-state index contributed by atoms with van der Waals surface area (Å²) in [6, 6.07) is 8.48. The number of fused-ring (bicyclic) bond motifs is 1. The van der Waals surface area contributed by atoms with Gasteiger partial charge in [0.05, 0.1) is 25.3 Å². The fourth-order valence-corrected chi connectivity index (χ4v) is 3.55. The van der Waals surface area contributed by atoms with Crippen LogP contribution in [0.15, 0.2) is 24.3 Å². The molecule has 5 N–H and O–H groups in total. The number of aromatic amines is 1. The molecule has 0 saturated heterocycles. The van der Waals surface area contributed by atoms with E-state index in [1.54, 1.807) is 24.3 Å². The number of nitriles is 1. The molecular weight excluding hydrogens is 340 g/mol. The molecule has 2 heterocycles. The zero-order chi connectivity index (χ0) is 18.1. The van der Waals surface area contributed by atoms with Crippen molar-refractivity contribution in [2.75, 3.05) is 25.7 Å². The number of hydrogen-bond donors (Lipinski definition) is 2. The second-order valence-corrected chi connectivity index (χ2v) is 6.22. The number of H-pyrrole nitrogens is 1. The molecule has 0 saturated carbocycles. The molecule has 0 aliphatic rings. The summed E-state index contributed by atoms with van der Waals surface area (Å²) in [7, 11) is 3.03. The number of ether oxygens (including phenoxy) is 2. The van der Waals surface area contributed by atoms with E-state index in [4.69, 9.17) is 26.2 Å². The minimum Gasteiger partial charge on any atom is -0.493 e. The first-order valence-corrected chi connectivity index (χ1v) is 8.02. The van der Waals surface area contributed by atoms with Crippen molar-refractivity contribution < 1.29 is 19.3 Å². The molecule has 0 unspecified atom stereocenters. The summed E-state index contributed by atoms with van der Waals surface area (Å²) in [5.41, 5.74) is 12.9. The van der Waals surface area contributed by atoms with E-state index in [0.717, 1.165) is 0 Å². The van der Waals surface area contributed by atoms with Gasteiger partial charge in [0.25, 0.3) is 5.82 Å². The smallest absolute Gasteiger partial charge is 0.289 e. The van der Waals surface area contributed by atoms with Gasteiger partial charge < -0.3 is 15.2 Å². The van der Waals surface area contributed by atoms with E-state index in [1.165, 1.54) is 25.6 Å². The van der Waals surface area contributed by atoms with Crippen LogP contribution in [-0.2, 0) is 0 Å². The van der Waals surface area contributed by atoms with Gasteiger partial charge in [-0.2, -0.15) is 5.26 Å². The Labute approximate surface area is 147 Å². The third-order valence-corrected chi connectivity index (χ3v) is 4.92. The summed E-state index contributed by atoms with van der Waals surface area (Å²) in [6.07, 6.45) is 0. The molecule has 0 radical (unpaired) electrons. The van der Waals surface area contributed by atoms with E-state index in [9.17, 15) is 4.79 Å². The summed E-state index contributed by atoms with van der Waals surface area (Å²) in [5.74, 6) is 0.977. The number of nitrogen functional groups attached to an aromatic ring is 2. The van der Waals surface area contributed by atoms with Gasteiger partial charge in [0.15, 0.2) is 16.3 Å². The fourth-order valence-electron chi connectivity index (χ4n) is 2.47. The van der Waals surface area contributed by atoms with E-state index < -0.39 is 0 Å². The maximum absolute atomic E-state index is 12.9. The Hall–Kier alpha value is -3.31. The van der Waals surface area contributed by atoms with Crippen molar-refractivity contribution in [3.05, 3.63) is 40.3 Å². The Kier molecular flexibility index (Phi) is 4.17. The van der Waals surface area contributed by atoms with Crippen LogP contribution in [0.3, 0.4) is 0 Å². The number of hydrogen-bond acceptors (Lipinski definition) is 7. The number of nitrogens with one attached hydrogen (secondary N) is 1. The van der Waals surface area contributed by atoms with Crippen LogP contribution in [-0.4, -0.2) is 20.0 Å². The van der Waals surface area contributed by atoms with Crippen LogP contribution in [0.4, 0.5) is 11.5 Å². The predicted octanol–water partition coefficient (Wildman–Crippen LogP) is 2.00. The predicted molar refractivity (Wildman–Crippen MR) is 94.9 cm³/mol. The first-order chi connectivity index (χ1) is 12.0. The number of nitrogens with two attached hydrogens (primary N) is 2. The second kappa shape index (κ2) is 6.30. The van der Waals surface area contributed by atoms with E-state index in [1.807, 2.05) is 6.07 Å². The van der Waals surface area contributed by atoms with Crippen LogP contribution in [0.2, 0.25) is 0 Å². The van der Waals surface area contributed by atoms with Crippen molar-refractivity contribution in [3.8, 4) is 17.6 Å². The highest BCUT2D eigenvalue weighted by Gasteiger charge is 2.22.